The molecule has 1 rings (SSSR count). The number of aliphatic hydroxyl groups excluding tert-OH is 1. The molecule has 2 unspecified atom stereocenters. The zero-order valence-electron chi connectivity index (χ0n) is 8.13. The average Bonchev–Trinajstić information content (AvgIpc) is 2.60. The Morgan fingerprint density at radius 2 is 2.15 bits per heavy atom. The first-order valence-corrected chi connectivity index (χ1v) is 5.13. The van der Waals surface area contributed by atoms with E-state index in [1.54, 1.807) is 0 Å². The van der Waals surface area contributed by atoms with Gasteiger partial charge in [0.1, 0.15) is 0 Å². The highest BCUT2D eigenvalue weighted by Crippen LogP contribution is 2.30. The Labute approximate surface area is 80.7 Å². The molecule has 1 aliphatic rings. The molecule has 1 saturated carbocycles. The van der Waals surface area contributed by atoms with Gasteiger partial charge in [0.25, 0.3) is 0 Å². The minimum Gasteiger partial charge on any atom is -0.396 e. The van der Waals surface area contributed by atoms with Gasteiger partial charge >= 0.3 is 0 Å². The number of rotatable bonds is 5. The van der Waals surface area contributed by atoms with Crippen LogP contribution in [-0.2, 0) is 0 Å². The SMILES string of the molecule is C#CCCNCC1CCCC1CO. The normalized spacial score (nSPS) is 27.4. The lowest BCUT2D eigenvalue weighted by atomic mass is 9.97. The van der Waals surface area contributed by atoms with E-state index >= 15 is 0 Å². The predicted molar refractivity (Wildman–Crippen MR) is 54.2 cm³/mol. The van der Waals surface area contributed by atoms with E-state index in [0.717, 1.165) is 19.5 Å². The standard InChI is InChI=1S/C11H19NO/c1-2-3-7-12-8-10-5-4-6-11(10)9-13/h1,10-13H,3-9H2. The van der Waals surface area contributed by atoms with Crippen LogP contribution in [0.4, 0.5) is 0 Å². The van der Waals surface area contributed by atoms with Crippen LogP contribution in [0, 0.1) is 24.2 Å². The molecule has 0 aromatic carbocycles. The van der Waals surface area contributed by atoms with Gasteiger partial charge in [0.2, 0.25) is 0 Å². The number of hydrogen-bond acceptors (Lipinski definition) is 2. The van der Waals surface area contributed by atoms with E-state index in [9.17, 15) is 0 Å². The molecule has 0 amide bonds. The molecule has 0 saturated heterocycles. The van der Waals surface area contributed by atoms with E-state index in [-0.39, 0.29) is 0 Å². The van der Waals surface area contributed by atoms with Crippen LogP contribution in [0.5, 0.6) is 0 Å². The van der Waals surface area contributed by atoms with Gasteiger partial charge < -0.3 is 10.4 Å². The van der Waals surface area contributed by atoms with Crippen molar-refractivity contribution >= 4 is 0 Å². The van der Waals surface area contributed by atoms with Crippen molar-refractivity contribution in [2.75, 3.05) is 19.7 Å². The van der Waals surface area contributed by atoms with Crippen LogP contribution in [0.25, 0.3) is 0 Å². The lowest BCUT2D eigenvalue weighted by Crippen LogP contribution is -2.27. The van der Waals surface area contributed by atoms with E-state index in [1.807, 2.05) is 0 Å². The van der Waals surface area contributed by atoms with Gasteiger partial charge in [0.05, 0.1) is 0 Å². The maximum Gasteiger partial charge on any atom is 0.0462 e. The van der Waals surface area contributed by atoms with Gasteiger partial charge in [-0.05, 0) is 31.2 Å². The van der Waals surface area contributed by atoms with Gasteiger partial charge in [0.15, 0.2) is 0 Å². The zero-order valence-corrected chi connectivity index (χ0v) is 8.13. The Balaban J connectivity index is 2.10. The molecule has 0 heterocycles. The van der Waals surface area contributed by atoms with E-state index in [0.29, 0.717) is 18.4 Å². The molecule has 2 nitrogen and oxygen atoms in total. The van der Waals surface area contributed by atoms with Crippen molar-refractivity contribution in [1.29, 1.82) is 0 Å². The lowest BCUT2D eigenvalue weighted by Gasteiger charge is -2.17. The summed E-state index contributed by atoms with van der Waals surface area (Å²) in [4.78, 5) is 0. The summed E-state index contributed by atoms with van der Waals surface area (Å²) in [7, 11) is 0. The van der Waals surface area contributed by atoms with Crippen LogP contribution in [0.3, 0.4) is 0 Å². The Hall–Kier alpha value is -0.520. The molecule has 0 spiro atoms. The third-order valence-corrected chi connectivity index (χ3v) is 2.90. The van der Waals surface area contributed by atoms with Gasteiger partial charge in [-0.1, -0.05) is 6.42 Å². The molecule has 2 N–H and O–H groups in total. The molecule has 1 aliphatic carbocycles. The summed E-state index contributed by atoms with van der Waals surface area (Å²) < 4.78 is 0. The quantitative estimate of drug-likeness (QED) is 0.490. The summed E-state index contributed by atoms with van der Waals surface area (Å²) in [6, 6.07) is 0. The van der Waals surface area contributed by atoms with Crippen molar-refractivity contribution in [2.24, 2.45) is 11.8 Å². The number of nitrogens with one attached hydrogen (secondary N) is 1. The van der Waals surface area contributed by atoms with Gasteiger partial charge in [-0.2, -0.15) is 0 Å². The molecular weight excluding hydrogens is 162 g/mol. The zero-order chi connectivity index (χ0) is 9.52. The maximum absolute atomic E-state index is 9.08. The summed E-state index contributed by atoms with van der Waals surface area (Å²) in [5, 5.41) is 12.4. The Kier molecular flexibility index (Phi) is 4.88. The molecule has 0 aliphatic heterocycles. The fraction of sp³-hybridized carbons (Fsp3) is 0.818. The first-order valence-electron chi connectivity index (χ1n) is 5.13. The molecule has 0 bridgehead atoms. The van der Waals surface area contributed by atoms with E-state index in [4.69, 9.17) is 11.5 Å². The fourth-order valence-corrected chi connectivity index (χ4v) is 2.07. The minimum atomic E-state index is 0.349. The molecule has 0 aromatic rings. The van der Waals surface area contributed by atoms with Gasteiger partial charge in [-0.15, -0.1) is 12.3 Å². The van der Waals surface area contributed by atoms with Crippen LogP contribution in [0.2, 0.25) is 0 Å². The van der Waals surface area contributed by atoms with Gasteiger partial charge in [-0.3, -0.25) is 0 Å². The van der Waals surface area contributed by atoms with Crippen molar-refractivity contribution in [3.8, 4) is 12.3 Å². The second kappa shape index (κ2) is 6.01. The average molecular weight is 181 g/mol. The molecule has 1 fully saturated rings. The van der Waals surface area contributed by atoms with Crippen molar-refractivity contribution in [3.63, 3.8) is 0 Å². The number of terminal acetylenes is 1. The highest BCUT2D eigenvalue weighted by molar-refractivity contribution is 4.85. The molecule has 2 atom stereocenters. The third-order valence-electron chi connectivity index (χ3n) is 2.90. The van der Waals surface area contributed by atoms with Crippen LogP contribution in [0.1, 0.15) is 25.7 Å². The second-order valence-electron chi connectivity index (χ2n) is 3.79. The van der Waals surface area contributed by atoms with Gasteiger partial charge in [-0.25, -0.2) is 0 Å². The van der Waals surface area contributed by atoms with Crippen LogP contribution in [0.15, 0.2) is 0 Å². The van der Waals surface area contributed by atoms with E-state index < -0.39 is 0 Å². The predicted octanol–water partition coefficient (Wildman–Crippen LogP) is 1.01. The van der Waals surface area contributed by atoms with Crippen molar-refractivity contribution in [1.82, 2.24) is 5.32 Å². The molecular formula is C11H19NO. The number of hydrogen-bond donors (Lipinski definition) is 2. The van der Waals surface area contributed by atoms with Crippen molar-refractivity contribution in [3.05, 3.63) is 0 Å². The molecule has 2 heteroatoms. The summed E-state index contributed by atoms with van der Waals surface area (Å²) in [5.74, 6) is 3.80. The third kappa shape index (κ3) is 3.38. The Bertz CT molecular complexity index is 173. The minimum absolute atomic E-state index is 0.349. The summed E-state index contributed by atoms with van der Waals surface area (Å²) in [6.45, 7) is 2.28. The van der Waals surface area contributed by atoms with Crippen LogP contribution < -0.4 is 5.32 Å². The van der Waals surface area contributed by atoms with Crippen molar-refractivity contribution in [2.45, 2.75) is 25.7 Å². The first kappa shape index (κ1) is 10.6. The van der Waals surface area contributed by atoms with E-state index in [1.165, 1.54) is 19.3 Å². The van der Waals surface area contributed by atoms with Gasteiger partial charge in [0, 0.05) is 19.6 Å². The van der Waals surface area contributed by atoms with E-state index in [2.05, 4.69) is 11.2 Å². The Morgan fingerprint density at radius 1 is 1.38 bits per heavy atom. The Morgan fingerprint density at radius 3 is 2.85 bits per heavy atom. The van der Waals surface area contributed by atoms with Crippen LogP contribution in [-0.4, -0.2) is 24.8 Å². The summed E-state index contributed by atoms with van der Waals surface area (Å²) in [6.07, 6.45) is 9.67. The largest absolute Gasteiger partial charge is 0.396 e. The fourth-order valence-electron chi connectivity index (χ4n) is 2.07. The topological polar surface area (TPSA) is 32.3 Å². The second-order valence-corrected chi connectivity index (χ2v) is 3.79. The van der Waals surface area contributed by atoms with Crippen molar-refractivity contribution < 1.29 is 5.11 Å². The maximum atomic E-state index is 9.08. The highest BCUT2D eigenvalue weighted by atomic mass is 16.3. The summed E-state index contributed by atoms with van der Waals surface area (Å²) in [5.41, 5.74) is 0. The first-order chi connectivity index (χ1) is 6.38. The lowest BCUT2D eigenvalue weighted by molar-refractivity contribution is 0.192. The smallest absolute Gasteiger partial charge is 0.0462 e. The molecule has 0 aromatic heterocycles. The molecule has 0 radical (unpaired) electrons. The summed E-state index contributed by atoms with van der Waals surface area (Å²) >= 11 is 0. The van der Waals surface area contributed by atoms with Crippen LogP contribution >= 0.6 is 0 Å². The molecule has 74 valence electrons. The highest BCUT2D eigenvalue weighted by Gasteiger charge is 2.25. The monoisotopic (exact) mass is 181 g/mol. The number of aliphatic hydroxyl groups is 1. The molecule has 13 heavy (non-hydrogen) atoms.